The predicted molar refractivity (Wildman–Crippen MR) is 105 cm³/mol. The Bertz CT molecular complexity index is 929. The Kier molecular flexibility index (Phi) is 4.98. The van der Waals surface area contributed by atoms with Crippen molar-refractivity contribution in [3.63, 3.8) is 0 Å². The Hall–Kier alpha value is -2.61. The highest BCUT2D eigenvalue weighted by atomic mass is 32.1. The van der Waals surface area contributed by atoms with Gasteiger partial charge in [0.25, 0.3) is 0 Å². The second-order valence-corrected chi connectivity index (χ2v) is 8.32. The molecule has 1 fully saturated rings. The van der Waals surface area contributed by atoms with Gasteiger partial charge in [-0.15, -0.1) is 10.2 Å². The molecule has 8 heteroatoms. The number of amides is 1. The van der Waals surface area contributed by atoms with Gasteiger partial charge < -0.3 is 5.32 Å². The molecule has 3 aromatic rings. The van der Waals surface area contributed by atoms with Gasteiger partial charge in [0.1, 0.15) is 4.88 Å². The minimum atomic E-state index is -0.0322. The molecule has 0 spiro atoms. The lowest BCUT2D eigenvalue weighted by atomic mass is 10.1. The number of tetrazole rings is 1. The van der Waals surface area contributed by atoms with Crippen LogP contribution in [0.15, 0.2) is 30.3 Å². The van der Waals surface area contributed by atoms with E-state index < -0.39 is 0 Å². The molecule has 0 aliphatic heterocycles. The van der Waals surface area contributed by atoms with Gasteiger partial charge in [-0.05, 0) is 29.9 Å². The number of hydrogen-bond acceptors (Lipinski definition) is 6. The lowest BCUT2D eigenvalue weighted by Crippen LogP contribution is -2.13. The Morgan fingerprint density at radius 2 is 2.07 bits per heavy atom. The maximum atomic E-state index is 12.2. The first-order valence-corrected chi connectivity index (χ1v) is 10.0. The van der Waals surface area contributed by atoms with Gasteiger partial charge in [-0.25, -0.2) is 4.98 Å². The number of carbonyl (C=O) groups is 1. The van der Waals surface area contributed by atoms with Crippen LogP contribution in [0.25, 0.3) is 22.0 Å². The zero-order valence-electron chi connectivity index (χ0n) is 15.4. The van der Waals surface area contributed by atoms with Crippen molar-refractivity contribution in [2.45, 2.75) is 39.7 Å². The standard InChI is InChI=1S/C19H22N6OS/c1-12(2)10-15(26)20-19-21-16(14-6-4-3-5-7-14)17(27-19)18-22-24-25(23-18)11-13-8-9-13/h3-7,12-13H,8-11H2,1-2H3,(H,20,21,26). The van der Waals surface area contributed by atoms with E-state index in [2.05, 4.69) is 25.7 Å². The maximum Gasteiger partial charge on any atom is 0.226 e. The maximum absolute atomic E-state index is 12.2. The molecule has 0 atom stereocenters. The summed E-state index contributed by atoms with van der Waals surface area (Å²) in [6.45, 7) is 4.85. The molecule has 1 aromatic carbocycles. The molecule has 0 unspecified atom stereocenters. The molecular weight excluding hydrogens is 360 g/mol. The highest BCUT2D eigenvalue weighted by Gasteiger charge is 2.24. The lowest BCUT2D eigenvalue weighted by molar-refractivity contribution is -0.116. The van der Waals surface area contributed by atoms with Crippen LogP contribution in [-0.2, 0) is 11.3 Å². The topological polar surface area (TPSA) is 85.6 Å². The van der Waals surface area contributed by atoms with Crippen molar-refractivity contribution in [1.29, 1.82) is 0 Å². The fraction of sp³-hybridized carbons (Fsp3) is 0.421. The highest BCUT2D eigenvalue weighted by Crippen LogP contribution is 2.37. The molecule has 4 rings (SSSR count). The minimum Gasteiger partial charge on any atom is -0.302 e. The number of carbonyl (C=O) groups excluding carboxylic acids is 1. The number of thiazole rings is 1. The molecule has 0 saturated heterocycles. The van der Waals surface area contributed by atoms with Gasteiger partial charge in [0.2, 0.25) is 11.7 Å². The first-order valence-electron chi connectivity index (χ1n) is 9.22. The van der Waals surface area contributed by atoms with Gasteiger partial charge in [0.15, 0.2) is 5.13 Å². The zero-order valence-corrected chi connectivity index (χ0v) is 16.2. The summed E-state index contributed by atoms with van der Waals surface area (Å²) in [4.78, 5) is 19.3. The summed E-state index contributed by atoms with van der Waals surface area (Å²) in [5.74, 6) is 1.49. The van der Waals surface area contributed by atoms with Crippen LogP contribution < -0.4 is 5.32 Å². The lowest BCUT2D eigenvalue weighted by Gasteiger charge is -2.03. The molecule has 140 valence electrons. The smallest absolute Gasteiger partial charge is 0.226 e. The third kappa shape index (κ3) is 4.39. The molecule has 7 nitrogen and oxygen atoms in total. The monoisotopic (exact) mass is 382 g/mol. The molecule has 1 saturated carbocycles. The molecule has 27 heavy (non-hydrogen) atoms. The second kappa shape index (κ2) is 7.56. The van der Waals surface area contributed by atoms with Crippen molar-refractivity contribution >= 4 is 22.4 Å². The Balaban J connectivity index is 1.65. The number of benzene rings is 1. The zero-order chi connectivity index (χ0) is 18.8. The van der Waals surface area contributed by atoms with E-state index in [0.29, 0.717) is 29.2 Å². The average Bonchev–Trinajstić information content (AvgIpc) is 3.15. The Labute approximate surface area is 161 Å². The van der Waals surface area contributed by atoms with Gasteiger partial charge in [0, 0.05) is 12.0 Å². The quantitative estimate of drug-likeness (QED) is 0.671. The fourth-order valence-electron chi connectivity index (χ4n) is 2.80. The Morgan fingerprint density at radius 3 is 2.78 bits per heavy atom. The SMILES string of the molecule is CC(C)CC(=O)Nc1nc(-c2ccccc2)c(-c2nnn(CC3CC3)n2)s1. The molecule has 2 aromatic heterocycles. The predicted octanol–water partition coefficient (Wildman–Crippen LogP) is 3.86. The van der Waals surface area contributed by atoms with E-state index in [-0.39, 0.29) is 5.91 Å². The van der Waals surface area contributed by atoms with Crippen LogP contribution in [0.5, 0.6) is 0 Å². The molecule has 0 bridgehead atoms. The average molecular weight is 382 g/mol. The third-order valence-electron chi connectivity index (χ3n) is 4.29. The van der Waals surface area contributed by atoms with Crippen LogP contribution in [0, 0.1) is 11.8 Å². The van der Waals surface area contributed by atoms with Crippen molar-refractivity contribution in [1.82, 2.24) is 25.2 Å². The third-order valence-corrected chi connectivity index (χ3v) is 5.26. The van der Waals surface area contributed by atoms with Crippen molar-refractivity contribution < 1.29 is 4.79 Å². The largest absolute Gasteiger partial charge is 0.302 e. The number of hydrogen-bond donors (Lipinski definition) is 1. The van der Waals surface area contributed by atoms with E-state index in [1.165, 1.54) is 24.2 Å². The summed E-state index contributed by atoms with van der Waals surface area (Å²) in [5, 5.41) is 16.4. The van der Waals surface area contributed by atoms with Gasteiger partial charge in [0.05, 0.1) is 12.2 Å². The van der Waals surface area contributed by atoms with E-state index >= 15 is 0 Å². The van der Waals surface area contributed by atoms with E-state index in [1.54, 1.807) is 4.80 Å². The van der Waals surface area contributed by atoms with Crippen molar-refractivity contribution in [2.75, 3.05) is 5.32 Å². The van der Waals surface area contributed by atoms with E-state index in [1.807, 2.05) is 44.2 Å². The number of nitrogens with one attached hydrogen (secondary N) is 1. The van der Waals surface area contributed by atoms with Crippen LogP contribution in [0.4, 0.5) is 5.13 Å². The molecule has 1 N–H and O–H groups in total. The van der Waals surface area contributed by atoms with Gasteiger partial charge in [-0.2, -0.15) is 4.80 Å². The van der Waals surface area contributed by atoms with Crippen LogP contribution in [0.2, 0.25) is 0 Å². The van der Waals surface area contributed by atoms with Crippen LogP contribution >= 0.6 is 11.3 Å². The number of anilines is 1. The van der Waals surface area contributed by atoms with E-state index in [9.17, 15) is 4.79 Å². The first kappa shape index (κ1) is 17.8. The molecule has 2 heterocycles. The number of aromatic nitrogens is 5. The molecular formula is C19H22N6OS. The van der Waals surface area contributed by atoms with Crippen molar-refractivity contribution in [3.8, 4) is 22.0 Å². The summed E-state index contributed by atoms with van der Waals surface area (Å²) in [6.07, 6.45) is 2.93. The van der Waals surface area contributed by atoms with E-state index in [0.717, 1.165) is 22.7 Å². The van der Waals surface area contributed by atoms with Gasteiger partial charge in [-0.3, -0.25) is 4.79 Å². The molecule has 1 aliphatic carbocycles. The van der Waals surface area contributed by atoms with Crippen LogP contribution in [-0.4, -0.2) is 31.1 Å². The molecule has 1 aliphatic rings. The normalized spacial score (nSPS) is 13.9. The van der Waals surface area contributed by atoms with Crippen molar-refractivity contribution in [2.24, 2.45) is 11.8 Å². The van der Waals surface area contributed by atoms with Crippen LogP contribution in [0.3, 0.4) is 0 Å². The summed E-state index contributed by atoms with van der Waals surface area (Å²) in [7, 11) is 0. The fourth-order valence-corrected chi connectivity index (χ4v) is 3.73. The second-order valence-electron chi connectivity index (χ2n) is 7.32. The number of nitrogens with zero attached hydrogens (tertiary/aromatic N) is 5. The minimum absolute atomic E-state index is 0.0322. The summed E-state index contributed by atoms with van der Waals surface area (Å²) in [6, 6.07) is 9.88. The summed E-state index contributed by atoms with van der Waals surface area (Å²) in [5.41, 5.74) is 1.73. The van der Waals surface area contributed by atoms with E-state index in [4.69, 9.17) is 0 Å². The number of rotatable bonds is 7. The van der Waals surface area contributed by atoms with Gasteiger partial charge >= 0.3 is 0 Å². The Morgan fingerprint density at radius 1 is 1.30 bits per heavy atom. The molecule has 0 radical (unpaired) electrons. The first-order chi connectivity index (χ1) is 13.1. The molecule has 1 amide bonds. The van der Waals surface area contributed by atoms with Crippen molar-refractivity contribution in [3.05, 3.63) is 30.3 Å². The highest BCUT2D eigenvalue weighted by molar-refractivity contribution is 7.19. The van der Waals surface area contributed by atoms with Crippen LogP contribution in [0.1, 0.15) is 33.1 Å². The summed E-state index contributed by atoms with van der Waals surface area (Å²) < 4.78 is 0. The van der Waals surface area contributed by atoms with Gasteiger partial charge in [-0.1, -0.05) is 55.5 Å². The summed E-state index contributed by atoms with van der Waals surface area (Å²) >= 11 is 1.39.